The predicted molar refractivity (Wildman–Crippen MR) is 82.8 cm³/mol. The normalized spacial score (nSPS) is 16.9. The van der Waals surface area contributed by atoms with Crippen molar-refractivity contribution in [2.24, 2.45) is 5.84 Å². The molecule has 2 rings (SSSR count). The Morgan fingerprint density at radius 1 is 1.30 bits per heavy atom. The molecule has 112 valence electrons. The van der Waals surface area contributed by atoms with Gasteiger partial charge >= 0.3 is 0 Å². The van der Waals surface area contributed by atoms with Crippen LogP contribution < -0.4 is 16.2 Å². The fourth-order valence-corrected chi connectivity index (χ4v) is 3.03. The van der Waals surface area contributed by atoms with Crippen LogP contribution in [0.5, 0.6) is 0 Å². The largest absolute Gasteiger partial charge is 0.357 e. The second-order valence-electron chi connectivity index (χ2n) is 5.85. The summed E-state index contributed by atoms with van der Waals surface area (Å²) < 4.78 is 0. The Labute approximate surface area is 121 Å². The number of hydrogen-bond acceptors (Lipinski definition) is 6. The first kappa shape index (κ1) is 15.0. The number of rotatable bonds is 6. The quantitative estimate of drug-likeness (QED) is 0.603. The average Bonchev–Trinajstić information content (AvgIpc) is 2.40. The Balaban J connectivity index is 2.23. The minimum atomic E-state index is 0.279. The average molecular weight is 278 g/mol. The molecular weight excluding hydrogens is 252 g/mol. The molecule has 0 saturated heterocycles. The maximum atomic E-state index is 5.54. The molecule has 1 aromatic rings. The number of anilines is 2. The zero-order valence-electron chi connectivity index (χ0n) is 13.0. The van der Waals surface area contributed by atoms with Crippen molar-refractivity contribution in [3.05, 3.63) is 11.9 Å². The topological polar surface area (TPSA) is 70.3 Å². The number of nitrogen functional groups attached to an aromatic ring is 1. The summed E-state index contributed by atoms with van der Waals surface area (Å²) in [7, 11) is 6.44. The molecule has 3 N–H and O–H groups in total. The highest BCUT2D eigenvalue weighted by Crippen LogP contribution is 2.37. The van der Waals surface area contributed by atoms with Crippen molar-refractivity contribution in [2.75, 3.05) is 38.0 Å². The van der Waals surface area contributed by atoms with Gasteiger partial charge in [0, 0.05) is 24.7 Å². The molecule has 0 radical (unpaired) electrons. The maximum absolute atomic E-state index is 5.54. The SMILES string of the molecule is CCc1c(NN)ncnc1N(C)CC1(N(C)C)CCC1. The number of hydrogen-bond donors (Lipinski definition) is 2. The summed E-state index contributed by atoms with van der Waals surface area (Å²) >= 11 is 0. The zero-order chi connectivity index (χ0) is 14.8. The molecule has 1 aromatic heterocycles. The third-order valence-electron chi connectivity index (χ3n) is 4.54. The number of nitrogens with one attached hydrogen (secondary N) is 1. The molecule has 6 heteroatoms. The lowest BCUT2D eigenvalue weighted by Gasteiger charge is -2.49. The highest BCUT2D eigenvalue weighted by molar-refractivity contribution is 5.58. The molecule has 0 atom stereocenters. The fourth-order valence-electron chi connectivity index (χ4n) is 3.03. The standard InChI is InChI=1S/C14H26N6/c1-5-11-12(18-15)16-10-17-13(11)20(4)9-14(19(2)3)7-6-8-14/h10H,5-9,15H2,1-4H3,(H,16,17,18). The van der Waals surface area contributed by atoms with Crippen LogP contribution in [0.15, 0.2) is 6.33 Å². The van der Waals surface area contributed by atoms with E-state index in [0.717, 1.165) is 30.2 Å². The highest BCUT2D eigenvalue weighted by Gasteiger charge is 2.40. The molecule has 0 unspecified atom stereocenters. The van der Waals surface area contributed by atoms with E-state index >= 15 is 0 Å². The van der Waals surface area contributed by atoms with Crippen molar-refractivity contribution in [1.82, 2.24) is 14.9 Å². The van der Waals surface area contributed by atoms with Crippen molar-refractivity contribution < 1.29 is 0 Å². The van der Waals surface area contributed by atoms with E-state index in [1.54, 1.807) is 6.33 Å². The maximum Gasteiger partial charge on any atom is 0.148 e. The molecule has 1 fully saturated rings. The summed E-state index contributed by atoms with van der Waals surface area (Å²) in [5.74, 6) is 7.24. The number of nitrogens with two attached hydrogens (primary N) is 1. The van der Waals surface area contributed by atoms with Gasteiger partial charge in [0.25, 0.3) is 0 Å². The van der Waals surface area contributed by atoms with Gasteiger partial charge in [-0.2, -0.15) is 0 Å². The number of aromatic nitrogens is 2. The summed E-state index contributed by atoms with van der Waals surface area (Å²) in [6.45, 7) is 3.08. The van der Waals surface area contributed by atoms with E-state index in [0.29, 0.717) is 0 Å². The van der Waals surface area contributed by atoms with Crippen LogP contribution in [0.4, 0.5) is 11.6 Å². The number of likely N-dealkylation sites (N-methyl/N-ethyl adjacent to an activating group) is 2. The highest BCUT2D eigenvalue weighted by atomic mass is 15.3. The van der Waals surface area contributed by atoms with E-state index < -0.39 is 0 Å². The van der Waals surface area contributed by atoms with Crippen LogP contribution in [-0.2, 0) is 6.42 Å². The monoisotopic (exact) mass is 278 g/mol. The van der Waals surface area contributed by atoms with Crippen molar-refractivity contribution >= 4 is 11.6 Å². The Morgan fingerprint density at radius 3 is 2.45 bits per heavy atom. The zero-order valence-corrected chi connectivity index (χ0v) is 13.0. The minimum Gasteiger partial charge on any atom is -0.357 e. The Kier molecular flexibility index (Phi) is 4.45. The molecule has 0 spiro atoms. The molecular formula is C14H26N6. The lowest BCUT2D eigenvalue weighted by Crippen LogP contribution is -2.57. The molecule has 0 aliphatic heterocycles. The van der Waals surface area contributed by atoms with E-state index in [1.807, 2.05) is 0 Å². The molecule has 20 heavy (non-hydrogen) atoms. The predicted octanol–water partition coefficient (Wildman–Crippen LogP) is 1.25. The van der Waals surface area contributed by atoms with E-state index in [1.165, 1.54) is 19.3 Å². The van der Waals surface area contributed by atoms with Crippen LogP contribution >= 0.6 is 0 Å². The van der Waals surface area contributed by atoms with Gasteiger partial charge in [-0.25, -0.2) is 15.8 Å². The second kappa shape index (κ2) is 5.93. The summed E-state index contributed by atoms with van der Waals surface area (Å²) in [6, 6.07) is 0. The van der Waals surface area contributed by atoms with Crippen molar-refractivity contribution in [1.29, 1.82) is 0 Å². The van der Waals surface area contributed by atoms with Gasteiger partial charge in [-0.05, 0) is 39.8 Å². The molecule has 0 bridgehead atoms. The molecule has 1 heterocycles. The lowest BCUT2D eigenvalue weighted by atomic mass is 9.75. The van der Waals surface area contributed by atoms with Crippen LogP contribution in [0.2, 0.25) is 0 Å². The van der Waals surface area contributed by atoms with Gasteiger partial charge < -0.3 is 15.2 Å². The minimum absolute atomic E-state index is 0.279. The third-order valence-corrected chi connectivity index (χ3v) is 4.54. The van der Waals surface area contributed by atoms with Gasteiger partial charge in [-0.3, -0.25) is 0 Å². The molecule has 1 saturated carbocycles. The van der Waals surface area contributed by atoms with E-state index in [2.05, 4.69) is 53.3 Å². The summed E-state index contributed by atoms with van der Waals surface area (Å²) in [5, 5.41) is 0. The Bertz CT molecular complexity index is 455. The van der Waals surface area contributed by atoms with Crippen molar-refractivity contribution in [3.8, 4) is 0 Å². The fraction of sp³-hybridized carbons (Fsp3) is 0.714. The van der Waals surface area contributed by atoms with Crippen molar-refractivity contribution in [2.45, 2.75) is 38.1 Å². The number of hydrazine groups is 1. The first-order valence-electron chi connectivity index (χ1n) is 7.23. The van der Waals surface area contributed by atoms with Crippen LogP contribution in [0.25, 0.3) is 0 Å². The van der Waals surface area contributed by atoms with E-state index in [-0.39, 0.29) is 5.54 Å². The summed E-state index contributed by atoms with van der Waals surface area (Å²) in [5.41, 5.74) is 4.02. The Hall–Kier alpha value is -1.40. The lowest BCUT2D eigenvalue weighted by molar-refractivity contribution is 0.0681. The van der Waals surface area contributed by atoms with Crippen LogP contribution in [0.1, 0.15) is 31.7 Å². The summed E-state index contributed by atoms with van der Waals surface area (Å²) in [6.07, 6.45) is 6.24. The third kappa shape index (κ3) is 2.58. The van der Waals surface area contributed by atoms with Gasteiger partial charge in [0.15, 0.2) is 0 Å². The summed E-state index contributed by atoms with van der Waals surface area (Å²) in [4.78, 5) is 13.2. The van der Waals surface area contributed by atoms with Crippen LogP contribution in [-0.4, -0.2) is 48.1 Å². The van der Waals surface area contributed by atoms with Gasteiger partial charge in [0.1, 0.15) is 18.0 Å². The van der Waals surface area contributed by atoms with Gasteiger partial charge in [-0.15, -0.1) is 0 Å². The first-order chi connectivity index (χ1) is 9.54. The number of nitrogens with zero attached hydrogens (tertiary/aromatic N) is 4. The first-order valence-corrected chi connectivity index (χ1v) is 7.23. The Morgan fingerprint density at radius 2 is 2.00 bits per heavy atom. The second-order valence-corrected chi connectivity index (χ2v) is 5.85. The molecule has 0 amide bonds. The van der Waals surface area contributed by atoms with E-state index in [9.17, 15) is 0 Å². The molecule has 6 nitrogen and oxygen atoms in total. The van der Waals surface area contributed by atoms with Gasteiger partial charge in [0.05, 0.1) is 0 Å². The van der Waals surface area contributed by atoms with Gasteiger partial charge in [0.2, 0.25) is 0 Å². The van der Waals surface area contributed by atoms with Crippen LogP contribution in [0, 0.1) is 0 Å². The smallest absolute Gasteiger partial charge is 0.148 e. The molecule has 0 aromatic carbocycles. The van der Waals surface area contributed by atoms with Crippen molar-refractivity contribution in [3.63, 3.8) is 0 Å². The van der Waals surface area contributed by atoms with E-state index in [4.69, 9.17) is 5.84 Å². The van der Waals surface area contributed by atoms with Gasteiger partial charge in [-0.1, -0.05) is 6.92 Å². The molecule has 1 aliphatic rings. The molecule has 1 aliphatic carbocycles. The van der Waals surface area contributed by atoms with Crippen LogP contribution in [0.3, 0.4) is 0 Å².